The Labute approximate surface area is 148 Å². The lowest BCUT2D eigenvalue weighted by molar-refractivity contribution is 0.0938. The summed E-state index contributed by atoms with van der Waals surface area (Å²) in [4.78, 5) is 15.3. The van der Waals surface area contributed by atoms with E-state index in [-0.39, 0.29) is 12.0 Å². The lowest BCUT2D eigenvalue weighted by atomic mass is 9.90. The molecule has 1 aromatic rings. The zero-order valence-corrected chi connectivity index (χ0v) is 15.0. The molecule has 3 aliphatic heterocycles. The molecule has 0 saturated carbocycles. The summed E-state index contributed by atoms with van der Waals surface area (Å²) in [6, 6.07) is 3.63. The Bertz CT molecular complexity index is 651. The highest BCUT2D eigenvalue weighted by atomic mass is 35.5. The summed E-state index contributed by atoms with van der Waals surface area (Å²) in [6.07, 6.45) is 7.09. The van der Waals surface area contributed by atoms with Crippen molar-refractivity contribution in [3.05, 3.63) is 28.3 Å². The van der Waals surface area contributed by atoms with Crippen LogP contribution in [0.15, 0.2) is 12.1 Å². The Morgan fingerprint density at radius 3 is 2.88 bits per heavy atom. The van der Waals surface area contributed by atoms with Gasteiger partial charge in [0.2, 0.25) is 0 Å². The van der Waals surface area contributed by atoms with Crippen molar-refractivity contribution >= 4 is 17.5 Å². The molecule has 0 aliphatic carbocycles. The summed E-state index contributed by atoms with van der Waals surface area (Å²) in [5, 5.41) is 3.71. The smallest absolute Gasteiger partial charge is 0.255 e. The molecule has 0 spiro atoms. The third-order valence-corrected chi connectivity index (χ3v) is 6.11. The van der Waals surface area contributed by atoms with Gasteiger partial charge in [-0.25, -0.2) is 0 Å². The van der Waals surface area contributed by atoms with Crippen LogP contribution < -0.4 is 10.1 Å². The minimum absolute atomic E-state index is 0.0678. The number of hydrogen-bond acceptors (Lipinski definition) is 3. The van der Waals surface area contributed by atoms with E-state index < -0.39 is 0 Å². The minimum atomic E-state index is -0.0678. The van der Waals surface area contributed by atoms with Gasteiger partial charge in [-0.2, -0.15) is 0 Å². The van der Waals surface area contributed by atoms with Gasteiger partial charge in [0.1, 0.15) is 11.9 Å². The highest BCUT2D eigenvalue weighted by Crippen LogP contribution is 2.41. The number of halogens is 1. The van der Waals surface area contributed by atoms with Crippen LogP contribution in [-0.2, 0) is 6.42 Å². The Kier molecular flexibility index (Phi) is 4.21. The van der Waals surface area contributed by atoms with Crippen LogP contribution in [0.2, 0.25) is 5.02 Å². The Morgan fingerprint density at radius 2 is 2.12 bits per heavy atom. The number of amides is 1. The van der Waals surface area contributed by atoms with Crippen molar-refractivity contribution in [2.45, 2.75) is 57.1 Å². The van der Waals surface area contributed by atoms with E-state index in [1.165, 1.54) is 38.8 Å². The monoisotopic (exact) mass is 348 g/mol. The number of rotatable bonds is 4. The molecule has 0 radical (unpaired) electrons. The third-order valence-electron chi connectivity index (χ3n) is 5.89. The van der Waals surface area contributed by atoms with E-state index in [4.69, 9.17) is 16.3 Å². The van der Waals surface area contributed by atoms with Crippen molar-refractivity contribution in [3.8, 4) is 5.75 Å². The molecule has 0 bridgehead atoms. The molecule has 1 amide bonds. The fourth-order valence-corrected chi connectivity index (χ4v) is 5.04. The number of hydrogen-bond donors (Lipinski definition) is 1. The van der Waals surface area contributed by atoms with Crippen molar-refractivity contribution in [2.75, 3.05) is 19.6 Å². The summed E-state index contributed by atoms with van der Waals surface area (Å²) in [5.74, 6) is 0.646. The predicted molar refractivity (Wildman–Crippen MR) is 95.0 cm³/mol. The molecule has 1 N–H and O–H groups in total. The molecule has 3 aliphatic rings. The topological polar surface area (TPSA) is 41.6 Å². The van der Waals surface area contributed by atoms with E-state index in [2.05, 4.69) is 10.2 Å². The molecule has 0 aromatic heterocycles. The second-order valence-corrected chi connectivity index (χ2v) is 7.94. The van der Waals surface area contributed by atoms with E-state index in [0.29, 0.717) is 28.4 Å². The van der Waals surface area contributed by atoms with Crippen molar-refractivity contribution in [1.29, 1.82) is 0 Å². The highest BCUT2D eigenvalue weighted by Gasteiger charge is 2.43. The molecule has 1 aromatic carbocycles. The van der Waals surface area contributed by atoms with Gasteiger partial charge < -0.3 is 10.1 Å². The third kappa shape index (κ3) is 2.80. The average Bonchev–Trinajstić information content (AvgIpc) is 3.18. The standard InChI is InChI=1S/C19H25ClN2O2/c1-13-10-14-11-15(20)12-16(17(14)24-13)18(23)21-7-6-19-4-2-8-22(19)9-3-5-19/h11-13H,2-10H2,1H3,(H,21,23). The molecule has 5 heteroatoms. The van der Waals surface area contributed by atoms with Crippen LogP contribution in [0.4, 0.5) is 0 Å². The number of carbonyl (C=O) groups is 1. The van der Waals surface area contributed by atoms with Crippen LogP contribution in [0, 0.1) is 0 Å². The minimum Gasteiger partial charge on any atom is -0.489 e. The zero-order valence-electron chi connectivity index (χ0n) is 14.2. The molecule has 2 fully saturated rings. The maximum absolute atomic E-state index is 12.7. The first-order chi connectivity index (χ1) is 11.6. The SMILES string of the molecule is CC1Cc2cc(Cl)cc(C(=O)NCCC34CCCN3CCC4)c2O1. The lowest BCUT2D eigenvalue weighted by Gasteiger charge is -2.32. The summed E-state index contributed by atoms with van der Waals surface area (Å²) in [7, 11) is 0. The van der Waals surface area contributed by atoms with Gasteiger partial charge in [-0.15, -0.1) is 0 Å². The van der Waals surface area contributed by atoms with Crippen LogP contribution in [0.3, 0.4) is 0 Å². The van der Waals surface area contributed by atoms with Gasteiger partial charge in [0.15, 0.2) is 0 Å². The molecule has 4 nitrogen and oxygen atoms in total. The largest absolute Gasteiger partial charge is 0.489 e. The summed E-state index contributed by atoms with van der Waals surface area (Å²) in [6.45, 7) is 5.18. The first-order valence-electron chi connectivity index (χ1n) is 9.10. The van der Waals surface area contributed by atoms with Gasteiger partial charge >= 0.3 is 0 Å². The molecule has 4 rings (SSSR count). The van der Waals surface area contributed by atoms with Crippen LogP contribution in [0.25, 0.3) is 0 Å². The normalized spacial score (nSPS) is 24.5. The van der Waals surface area contributed by atoms with E-state index in [1.807, 2.05) is 13.0 Å². The molecular weight excluding hydrogens is 324 g/mol. The fourth-order valence-electron chi connectivity index (χ4n) is 4.80. The zero-order chi connectivity index (χ0) is 16.7. The maximum Gasteiger partial charge on any atom is 0.255 e. The molecule has 130 valence electrons. The number of nitrogens with zero attached hydrogens (tertiary/aromatic N) is 1. The molecule has 3 heterocycles. The van der Waals surface area contributed by atoms with E-state index >= 15 is 0 Å². The quantitative estimate of drug-likeness (QED) is 0.906. The van der Waals surface area contributed by atoms with Crippen molar-refractivity contribution < 1.29 is 9.53 Å². The molecule has 24 heavy (non-hydrogen) atoms. The Morgan fingerprint density at radius 1 is 1.38 bits per heavy atom. The van der Waals surface area contributed by atoms with Crippen molar-refractivity contribution in [2.24, 2.45) is 0 Å². The Hall–Kier alpha value is -1.26. The van der Waals surface area contributed by atoms with Gasteiger partial charge in [0, 0.05) is 29.1 Å². The summed E-state index contributed by atoms with van der Waals surface area (Å²) < 4.78 is 5.83. The molecular formula is C19H25ClN2O2. The van der Waals surface area contributed by atoms with Gasteiger partial charge in [-0.3, -0.25) is 9.69 Å². The predicted octanol–water partition coefficient (Wildman–Crippen LogP) is 3.41. The first-order valence-corrected chi connectivity index (χ1v) is 9.48. The second-order valence-electron chi connectivity index (χ2n) is 7.50. The van der Waals surface area contributed by atoms with Gasteiger partial charge in [-0.1, -0.05) is 11.6 Å². The van der Waals surface area contributed by atoms with Crippen LogP contribution in [0.1, 0.15) is 54.9 Å². The molecule has 1 atom stereocenters. The number of fused-ring (bicyclic) bond motifs is 2. The number of benzene rings is 1. The number of carbonyl (C=O) groups excluding carboxylic acids is 1. The van der Waals surface area contributed by atoms with Crippen LogP contribution >= 0.6 is 11.6 Å². The lowest BCUT2D eigenvalue weighted by Crippen LogP contribution is -2.41. The van der Waals surface area contributed by atoms with Crippen molar-refractivity contribution in [1.82, 2.24) is 10.2 Å². The number of ether oxygens (including phenoxy) is 1. The van der Waals surface area contributed by atoms with Gasteiger partial charge in [0.25, 0.3) is 5.91 Å². The van der Waals surface area contributed by atoms with E-state index in [9.17, 15) is 4.79 Å². The molecule has 1 unspecified atom stereocenters. The molecule has 2 saturated heterocycles. The highest BCUT2D eigenvalue weighted by molar-refractivity contribution is 6.31. The average molecular weight is 349 g/mol. The second kappa shape index (κ2) is 6.23. The van der Waals surface area contributed by atoms with E-state index in [1.54, 1.807) is 6.07 Å². The summed E-state index contributed by atoms with van der Waals surface area (Å²) >= 11 is 6.19. The van der Waals surface area contributed by atoms with Gasteiger partial charge in [0.05, 0.1) is 5.56 Å². The van der Waals surface area contributed by atoms with E-state index in [0.717, 1.165) is 18.4 Å². The Balaban J connectivity index is 1.42. The number of nitrogens with one attached hydrogen (secondary N) is 1. The summed E-state index contributed by atoms with van der Waals surface area (Å²) in [5.41, 5.74) is 1.96. The fraction of sp³-hybridized carbons (Fsp3) is 0.632. The van der Waals surface area contributed by atoms with Crippen LogP contribution in [0.5, 0.6) is 5.75 Å². The van der Waals surface area contributed by atoms with Gasteiger partial charge in [-0.05, 0) is 64.3 Å². The van der Waals surface area contributed by atoms with Crippen molar-refractivity contribution in [3.63, 3.8) is 0 Å². The maximum atomic E-state index is 12.7. The van der Waals surface area contributed by atoms with Crippen LogP contribution in [-0.4, -0.2) is 42.1 Å². The first kappa shape index (κ1) is 16.2.